The van der Waals surface area contributed by atoms with Crippen LogP contribution in [0.1, 0.15) is 11.1 Å². The number of para-hydroxylation sites is 1. The summed E-state index contributed by atoms with van der Waals surface area (Å²) in [7, 11) is 1.36. The van der Waals surface area contributed by atoms with Crippen molar-refractivity contribution >= 4 is 5.69 Å². The van der Waals surface area contributed by atoms with Crippen LogP contribution in [-0.2, 0) is 0 Å². The van der Waals surface area contributed by atoms with Gasteiger partial charge < -0.3 is 9.47 Å². The van der Waals surface area contributed by atoms with Crippen LogP contribution in [0.25, 0.3) is 0 Å². The highest BCUT2D eigenvalue weighted by Crippen LogP contribution is 2.34. The van der Waals surface area contributed by atoms with E-state index in [4.69, 9.17) is 14.7 Å². The summed E-state index contributed by atoms with van der Waals surface area (Å²) in [6.45, 7) is 1.80. The van der Waals surface area contributed by atoms with Crippen molar-refractivity contribution in [1.82, 2.24) is 0 Å². The highest BCUT2D eigenvalue weighted by Gasteiger charge is 2.17. The van der Waals surface area contributed by atoms with Gasteiger partial charge in [-0.05, 0) is 30.7 Å². The Morgan fingerprint density at radius 1 is 1.29 bits per heavy atom. The molecule has 2 aromatic rings. The van der Waals surface area contributed by atoms with E-state index in [0.717, 1.165) is 5.56 Å². The molecule has 0 amide bonds. The number of aryl methyl sites for hydroxylation is 1. The number of methoxy groups -OCH3 is 1. The Labute approximate surface area is 121 Å². The molecule has 0 saturated heterocycles. The predicted molar refractivity (Wildman–Crippen MR) is 75.6 cm³/mol. The normalized spacial score (nSPS) is 9.76. The van der Waals surface area contributed by atoms with Gasteiger partial charge in [-0.15, -0.1) is 0 Å². The molecule has 0 N–H and O–H groups in total. The van der Waals surface area contributed by atoms with Crippen LogP contribution < -0.4 is 9.47 Å². The lowest BCUT2D eigenvalue weighted by atomic mass is 10.1. The van der Waals surface area contributed by atoms with Crippen molar-refractivity contribution in [3.05, 3.63) is 57.6 Å². The molecule has 0 fully saturated rings. The molecule has 0 heterocycles. The van der Waals surface area contributed by atoms with E-state index in [1.807, 2.05) is 6.07 Å². The molecule has 0 radical (unpaired) electrons. The minimum absolute atomic E-state index is 0.151. The van der Waals surface area contributed by atoms with Crippen LogP contribution in [-0.4, -0.2) is 12.0 Å². The Bertz CT molecular complexity index is 735. The molecule has 0 aromatic heterocycles. The maximum atomic E-state index is 11.0. The molecule has 2 aromatic carbocycles. The molecule has 0 spiro atoms. The minimum atomic E-state index is -0.547. The highest BCUT2D eigenvalue weighted by molar-refractivity contribution is 5.54. The summed E-state index contributed by atoms with van der Waals surface area (Å²) in [6.07, 6.45) is 0. The number of benzene rings is 2. The van der Waals surface area contributed by atoms with Gasteiger partial charge in [0.2, 0.25) is 0 Å². The third-order valence-corrected chi connectivity index (χ3v) is 2.90. The van der Waals surface area contributed by atoms with Crippen LogP contribution in [0, 0.1) is 28.4 Å². The van der Waals surface area contributed by atoms with E-state index in [0.29, 0.717) is 11.3 Å². The topological polar surface area (TPSA) is 85.4 Å². The molecule has 21 heavy (non-hydrogen) atoms. The van der Waals surface area contributed by atoms with Gasteiger partial charge in [0.15, 0.2) is 5.75 Å². The summed E-state index contributed by atoms with van der Waals surface area (Å²) in [5.41, 5.74) is 0.947. The summed E-state index contributed by atoms with van der Waals surface area (Å²) < 4.78 is 10.6. The molecule has 2 rings (SSSR count). The fourth-order valence-corrected chi connectivity index (χ4v) is 1.87. The van der Waals surface area contributed by atoms with Gasteiger partial charge in [-0.3, -0.25) is 10.1 Å². The van der Waals surface area contributed by atoms with Crippen LogP contribution in [0.5, 0.6) is 17.2 Å². The number of nitrogens with zero attached hydrogens (tertiary/aromatic N) is 2. The number of nitriles is 1. The number of rotatable bonds is 4. The van der Waals surface area contributed by atoms with Crippen molar-refractivity contribution in [2.75, 3.05) is 7.11 Å². The summed E-state index contributed by atoms with van der Waals surface area (Å²) >= 11 is 0. The van der Waals surface area contributed by atoms with Gasteiger partial charge in [0.1, 0.15) is 17.6 Å². The SMILES string of the molecule is COc1ccc(Oc2c(C)cccc2C#N)cc1[N+](=O)[O-]. The van der Waals surface area contributed by atoms with E-state index in [1.54, 1.807) is 31.2 Å². The Morgan fingerprint density at radius 2 is 2.05 bits per heavy atom. The van der Waals surface area contributed by atoms with Crippen molar-refractivity contribution in [3.63, 3.8) is 0 Å². The molecular formula is C15H12N2O4. The van der Waals surface area contributed by atoms with Crippen molar-refractivity contribution in [3.8, 4) is 23.3 Å². The quantitative estimate of drug-likeness (QED) is 0.632. The maximum absolute atomic E-state index is 11.0. The summed E-state index contributed by atoms with van der Waals surface area (Å²) in [6, 6.07) is 11.5. The van der Waals surface area contributed by atoms with Crippen LogP contribution in [0.2, 0.25) is 0 Å². The highest BCUT2D eigenvalue weighted by atomic mass is 16.6. The molecular weight excluding hydrogens is 272 g/mol. The first-order chi connectivity index (χ1) is 10.1. The Kier molecular flexibility index (Phi) is 4.05. The molecule has 0 atom stereocenters. The molecule has 0 unspecified atom stereocenters. The first-order valence-electron chi connectivity index (χ1n) is 6.07. The lowest BCUT2D eigenvalue weighted by molar-refractivity contribution is -0.385. The largest absolute Gasteiger partial charge is 0.490 e. The van der Waals surface area contributed by atoms with Gasteiger partial charge in [0.25, 0.3) is 0 Å². The lowest BCUT2D eigenvalue weighted by Gasteiger charge is -2.11. The number of nitro groups is 1. The zero-order chi connectivity index (χ0) is 15.4. The fraction of sp³-hybridized carbons (Fsp3) is 0.133. The molecule has 0 aliphatic heterocycles. The van der Waals surface area contributed by atoms with Crippen LogP contribution >= 0.6 is 0 Å². The fourth-order valence-electron chi connectivity index (χ4n) is 1.87. The molecule has 0 saturated carbocycles. The van der Waals surface area contributed by atoms with Crippen LogP contribution in [0.4, 0.5) is 5.69 Å². The van der Waals surface area contributed by atoms with Gasteiger partial charge in [-0.1, -0.05) is 12.1 Å². The van der Waals surface area contributed by atoms with Crippen molar-refractivity contribution < 1.29 is 14.4 Å². The van der Waals surface area contributed by atoms with E-state index in [2.05, 4.69) is 0 Å². The van der Waals surface area contributed by atoms with Crippen molar-refractivity contribution in [2.45, 2.75) is 6.92 Å². The first-order valence-corrected chi connectivity index (χ1v) is 6.07. The molecule has 0 aliphatic rings. The lowest BCUT2D eigenvalue weighted by Crippen LogP contribution is -1.96. The molecule has 0 bridgehead atoms. The zero-order valence-corrected chi connectivity index (χ0v) is 11.5. The average Bonchev–Trinajstić information content (AvgIpc) is 2.49. The second kappa shape index (κ2) is 5.92. The van der Waals surface area contributed by atoms with Gasteiger partial charge in [-0.2, -0.15) is 5.26 Å². The van der Waals surface area contributed by atoms with E-state index < -0.39 is 4.92 Å². The minimum Gasteiger partial charge on any atom is -0.490 e. The monoisotopic (exact) mass is 284 g/mol. The smallest absolute Gasteiger partial charge is 0.314 e. The molecule has 106 valence electrons. The van der Waals surface area contributed by atoms with Crippen molar-refractivity contribution in [2.24, 2.45) is 0 Å². The molecule has 0 aliphatic carbocycles. The van der Waals surface area contributed by atoms with Gasteiger partial charge in [-0.25, -0.2) is 0 Å². The van der Waals surface area contributed by atoms with Gasteiger partial charge >= 0.3 is 5.69 Å². The number of hydrogen-bond donors (Lipinski definition) is 0. The standard InChI is InChI=1S/C15H12N2O4/c1-10-4-3-5-11(9-16)15(10)21-12-6-7-14(20-2)13(8-12)17(18)19/h3-8H,1-2H3. The van der Waals surface area contributed by atoms with E-state index >= 15 is 0 Å². The van der Waals surface area contributed by atoms with E-state index in [-0.39, 0.29) is 17.2 Å². The summed E-state index contributed by atoms with van der Waals surface area (Å²) in [4.78, 5) is 10.4. The Hall–Kier alpha value is -3.07. The first kappa shape index (κ1) is 14.3. The molecule has 6 nitrogen and oxygen atoms in total. The average molecular weight is 284 g/mol. The van der Waals surface area contributed by atoms with Crippen molar-refractivity contribution in [1.29, 1.82) is 5.26 Å². The zero-order valence-electron chi connectivity index (χ0n) is 11.5. The van der Waals surface area contributed by atoms with Gasteiger partial charge in [0, 0.05) is 0 Å². The van der Waals surface area contributed by atoms with E-state index in [1.165, 1.54) is 19.2 Å². The third kappa shape index (κ3) is 2.92. The number of nitro benzene ring substituents is 1. The second-order valence-corrected chi connectivity index (χ2v) is 4.26. The maximum Gasteiger partial charge on any atom is 0.314 e. The number of ether oxygens (including phenoxy) is 2. The molecule has 6 heteroatoms. The van der Waals surface area contributed by atoms with Crippen LogP contribution in [0.3, 0.4) is 0 Å². The summed E-state index contributed by atoms with van der Waals surface area (Å²) in [5, 5.41) is 20.1. The second-order valence-electron chi connectivity index (χ2n) is 4.26. The number of hydrogen-bond acceptors (Lipinski definition) is 5. The van der Waals surface area contributed by atoms with Gasteiger partial charge in [0.05, 0.1) is 23.7 Å². The van der Waals surface area contributed by atoms with Crippen LogP contribution in [0.15, 0.2) is 36.4 Å². The van der Waals surface area contributed by atoms with E-state index in [9.17, 15) is 10.1 Å². The summed E-state index contributed by atoms with van der Waals surface area (Å²) in [5.74, 6) is 0.811. The Balaban J connectivity index is 2.44. The third-order valence-electron chi connectivity index (χ3n) is 2.90. The predicted octanol–water partition coefficient (Wildman–Crippen LogP) is 3.58. The Morgan fingerprint density at radius 3 is 2.67 bits per heavy atom.